The summed E-state index contributed by atoms with van der Waals surface area (Å²) < 4.78 is 7.75. The van der Waals surface area contributed by atoms with Crippen LogP contribution < -0.4 is 0 Å². The summed E-state index contributed by atoms with van der Waals surface area (Å²) >= 11 is 0. The van der Waals surface area contributed by atoms with Gasteiger partial charge in [0.25, 0.3) is 0 Å². The summed E-state index contributed by atoms with van der Waals surface area (Å²) in [6, 6.07) is 10.6. The third-order valence-electron chi connectivity index (χ3n) is 6.46. The van der Waals surface area contributed by atoms with Gasteiger partial charge in [0.05, 0.1) is 18.0 Å². The number of hydrogen-bond acceptors (Lipinski definition) is 7. The number of aromatic nitrogens is 6. The molecule has 3 aromatic rings. The van der Waals surface area contributed by atoms with Crippen molar-refractivity contribution in [3.8, 4) is 0 Å². The molecule has 2 aromatic heterocycles. The first-order valence-corrected chi connectivity index (χ1v) is 10.5. The molecule has 1 aromatic carbocycles. The monoisotopic (exact) mass is 393 g/mol. The van der Waals surface area contributed by atoms with Gasteiger partial charge >= 0.3 is 0 Å². The SMILES string of the molecule is CC(C)n1nnnc1CN1C[C@H]2CCC[C@@]2(c2nc(Cc3ccccc3)no2)C1. The summed E-state index contributed by atoms with van der Waals surface area (Å²) in [5, 5.41) is 16.6. The lowest BCUT2D eigenvalue weighted by Crippen LogP contribution is -2.32. The highest BCUT2D eigenvalue weighted by Gasteiger charge is 2.54. The highest BCUT2D eigenvalue weighted by Crippen LogP contribution is 2.50. The van der Waals surface area contributed by atoms with E-state index in [1.54, 1.807) is 0 Å². The lowest BCUT2D eigenvalue weighted by Gasteiger charge is -2.24. The van der Waals surface area contributed by atoms with Crippen molar-refractivity contribution < 1.29 is 4.52 Å². The van der Waals surface area contributed by atoms with Crippen molar-refractivity contribution in [1.29, 1.82) is 0 Å². The molecule has 152 valence electrons. The smallest absolute Gasteiger partial charge is 0.234 e. The van der Waals surface area contributed by atoms with Crippen LogP contribution >= 0.6 is 0 Å². The molecule has 3 heterocycles. The highest BCUT2D eigenvalue weighted by molar-refractivity contribution is 5.21. The van der Waals surface area contributed by atoms with E-state index in [1.807, 2.05) is 22.9 Å². The molecule has 5 rings (SSSR count). The van der Waals surface area contributed by atoms with Gasteiger partial charge in [-0.15, -0.1) is 5.10 Å². The van der Waals surface area contributed by atoms with E-state index in [4.69, 9.17) is 9.51 Å². The lowest BCUT2D eigenvalue weighted by molar-refractivity contribution is 0.240. The number of fused-ring (bicyclic) bond motifs is 1. The van der Waals surface area contributed by atoms with Crippen LogP contribution in [0.2, 0.25) is 0 Å². The van der Waals surface area contributed by atoms with Gasteiger partial charge in [-0.05, 0) is 48.6 Å². The van der Waals surface area contributed by atoms with E-state index in [9.17, 15) is 0 Å². The van der Waals surface area contributed by atoms with Crippen LogP contribution in [0.15, 0.2) is 34.9 Å². The predicted octanol–water partition coefficient (Wildman–Crippen LogP) is 2.78. The van der Waals surface area contributed by atoms with Crippen molar-refractivity contribution in [3.05, 3.63) is 53.4 Å². The zero-order valence-corrected chi connectivity index (χ0v) is 17.0. The Bertz CT molecular complexity index is 966. The van der Waals surface area contributed by atoms with Crippen molar-refractivity contribution >= 4 is 0 Å². The van der Waals surface area contributed by atoms with E-state index in [0.717, 1.165) is 43.6 Å². The third-order valence-corrected chi connectivity index (χ3v) is 6.46. The van der Waals surface area contributed by atoms with Crippen molar-refractivity contribution in [2.75, 3.05) is 13.1 Å². The van der Waals surface area contributed by atoms with Crippen LogP contribution in [0.5, 0.6) is 0 Å². The first-order valence-electron chi connectivity index (χ1n) is 10.5. The Morgan fingerprint density at radius 2 is 2.10 bits per heavy atom. The van der Waals surface area contributed by atoms with Gasteiger partial charge in [0.1, 0.15) is 0 Å². The summed E-state index contributed by atoms with van der Waals surface area (Å²) in [7, 11) is 0. The summed E-state index contributed by atoms with van der Waals surface area (Å²) in [6.07, 6.45) is 4.24. The van der Waals surface area contributed by atoms with Crippen LogP contribution in [0.1, 0.15) is 62.3 Å². The van der Waals surface area contributed by atoms with Crippen LogP contribution in [0.3, 0.4) is 0 Å². The van der Waals surface area contributed by atoms with E-state index < -0.39 is 0 Å². The first-order chi connectivity index (χ1) is 14.1. The molecule has 29 heavy (non-hydrogen) atoms. The van der Waals surface area contributed by atoms with Gasteiger partial charge in [-0.3, -0.25) is 4.90 Å². The zero-order valence-electron chi connectivity index (χ0n) is 17.0. The fourth-order valence-electron chi connectivity index (χ4n) is 5.09. The van der Waals surface area contributed by atoms with E-state index in [2.05, 4.69) is 51.6 Å². The lowest BCUT2D eigenvalue weighted by atomic mass is 9.80. The average Bonchev–Trinajstić information content (AvgIpc) is 3.46. The van der Waals surface area contributed by atoms with E-state index in [-0.39, 0.29) is 11.5 Å². The molecule has 0 amide bonds. The van der Waals surface area contributed by atoms with Crippen molar-refractivity contribution in [1.82, 2.24) is 35.2 Å². The number of likely N-dealkylation sites (tertiary alicyclic amines) is 1. The number of benzene rings is 1. The maximum Gasteiger partial charge on any atom is 0.234 e. The summed E-state index contributed by atoms with van der Waals surface area (Å²) in [4.78, 5) is 7.30. The van der Waals surface area contributed by atoms with E-state index in [0.29, 0.717) is 12.3 Å². The first kappa shape index (κ1) is 18.4. The Balaban J connectivity index is 1.35. The number of tetrazole rings is 1. The zero-order chi connectivity index (χ0) is 19.8. The Labute approximate surface area is 170 Å². The standard InChI is InChI=1S/C21H27N7O/c1-15(2)28-19(23-25-26-28)13-27-12-17-9-6-10-21(17,14-27)20-22-18(24-29-20)11-16-7-4-3-5-8-16/h3-5,7-8,15,17H,6,9-14H2,1-2H3/t17-,21-/m1/s1. The molecular formula is C21H27N7O. The largest absolute Gasteiger partial charge is 0.339 e. The van der Waals surface area contributed by atoms with Crippen LogP contribution in [0.25, 0.3) is 0 Å². The van der Waals surface area contributed by atoms with Gasteiger partial charge in [-0.1, -0.05) is 41.9 Å². The molecule has 8 nitrogen and oxygen atoms in total. The number of hydrogen-bond donors (Lipinski definition) is 0. The molecular weight excluding hydrogens is 366 g/mol. The maximum atomic E-state index is 5.84. The fourth-order valence-corrected chi connectivity index (χ4v) is 5.09. The molecule has 2 atom stereocenters. The Kier molecular flexibility index (Phi) is 4.66. The Morgan fingerprint density at radius 1 is 1.24 bits per heavy atom. The molecule has 0 spiro atoms. The summed E-state index contributed by atoms with van der Waals surface area (Å²) in [5.74, 6) is 3.06. The second-order valence-electron chi connectivity index (χ2n) is 8.73. The maximum absolute atomic E-state index is 5.84. The van der Waals surface area contributed by atoms with E-state index in [1.165, 1.54) is 18.4 Å². The Hall–Kier alpha value is -2.61. The van der Waals surface area contributed by atoms with E-state index >= 15 is 0 Å². The summed E-state index contributed by atoms with van der Waals surface area (Å²) in [6.45, 7) is 6.92. The highest BCUT2D eigenvalue weighted by atomic mass is 16.5. The van der Waals surface area contributed by atoms with Crippen LogP contribution in [0, 0.1) is 5.92 Å². The normalized spacial score (nSPS) is 24.4. The number of rotatable bonds is 6. The summed E-state index contributed by atoms with van der Waals surface area (Å²) in [5.41, 5.74) is 1.17. The van der Waals surface area contributed by atoms with Crippen LogP contribution in [-0.4, -0.2) is 48.3 Å². The molecule has 0 unspecified atom stereocenters. The third kappa shape index (κ3) is 3.35. The van der Waals surface area contributed by atoms with Gasteiger partial charge in [-0.2, -0.15) is 4.98 Å². The van der Waals surface area contributed by atoms with Crippen molar-refractivity contribution in [3.63, 3.8) is 0 Å². The Morgan fingerprint density at radius 3 is 2.93 bits per heavy atom. The number of nitrogens with zero attached hydrogens (tertiary/aromatic N) is 7. The molecule has 8 heteroatoms. The minimum absolute atomic E-state index is 0.0297. The molecule has 1 aliphatic heterocycles. The predicted molar refractivity (Wildman–Crippen MR) is 106 cm³/mol. The van der Waals surface area contributed by atoms with Gasteiger partial charge < -0.3 is 4.52 Å². The molecule has 1 aliphatic carbocycles. The van der Waals surface area contributed by atoms with Gasteiger partial charge in [0.2, 0.25) is 5.89 Å². The second kappa shape index (κ2) is 7.33. The molecule has 0 bridgehead atoms. The average molecular weight is 393 g/mol. The van der Waals surface area contributed by atoms with Crippen molar-refractivity contribution in [2.45, 2.75) is 57.5 Å². The molecule has 1 saturated heterocycles. The quantitative estimate of drug-likeness (QED) is 0.636. The molecule has 1 saturated carbocycles. The fraction of sp³-hybridized carbons (Fsp3) is 0.571. The molecule has 0 N–H and O–H groups in total. The topological polar surface area (TPSA) is 85.8 Å². The van der Waals surface area contributed by atoms with Gasteiger partial charge in [-0.25, -0.2) is 4.68 Å². The van der Waals surface area contributed by atoms with Gasteiger partial charge in [0, 0.05) is 19.5 Å². The molecule has 2 aliphatic rings. The molecule has 0 radical (unpaired) electrons. The van der Waals surface area contributed by atoms with Crippen molar-refractivity contribution in [2.24, 2.45) is 5.92 Å². The van der Waals surface area contributed by atoms with Crippen LogP contribution in [-0.2, 0) is 18.4 Å². The minimum atomic E-state index is -0.0297. The second-order valence-corrected chi connectivity index (χ2v) is 8.73. The molecule has 2 fully saturated rings. The van der Waals surface area contributed by atoms with Crippen LogP contribution in [0.4, 0.5) is 0 Å². The minimum Gasteiger partial charge on any atom is -0.339 e. The van der Waals surface area contributed by atoms with Gasteiger partial charge in [0.15, 0.2) is 11.6 Å².